The number of rotatable bonds is 4. The monoisotopic (exact) mass is 273 g/mol. The Morgan fingerprint density at radius 3 is 2.95 bits per heavy atom. The molecule has 0 bridgehead atoms. The molecule has 6 heteroatoms. The van der Waals surface area contributed by atoms with E-state index in [4.69, 9.17) is 0 Å². The van der Waals surface area contributed by atoms with Crippen molar-refractivity contribution < 1.29 is 4.79 Å². The van der Waals surface area contributed by atoms with E-state index in [9.17, 15) is 4.79 Å². The number of nitrogens with one attached hydrogen (secondary N) is 1. The van der Waals surface area contributed by atoms with Gasteiger partial charge in [0.05, 0.1) is 12.1 Å². The zero-order valence-corrected chi connectivity index (χ0v) is 11.6. The number of hydrogen-bond acceptors (Lipinski definition) is 4. The highest BCUT2D eigenvalue weighted by Gasteiger charge is 2.20. The number of aromatic nitrogens is 4. The second-order valence-corrected chi connectivity index (χ2v) is 5.18. The molecule has 3 rings (SSSR count). The van der Waals surface area contributed by atoms with Crippen LogP contribution in [0.5, 0.6) is 0 Å². The van der Waals surface area contributed by atoms with Crippen molar-refractivity contribution in [3.63, 3.8) is 0 Å². The summed E-state index contributed by atoms with van der Waals surface area (Å²) >= 11 is 0. The van der Waals surface area contributed by atoms with Gasteiger partial charge >= 0.3 is 0 Å². The molecule has 0 radical (unpaired) electrons. The summed E-state index contributed by atoms with van der Waals surface area (Å²) in [6.07, 6.45) is 5.93. The van der Waals surface area contributed by atoms with Gasteiger partial charge in [-0.3, -0.25) is 9.48 Å². The third kappa shape index (κ3) is 2.51. The number of ketones is 1. The Bertz CT molecular complexity index is 594. The molecule has 0 spiro atoms. The van der Waals surface area contributed by atoms with E-state index in [1.165, 1.54) is 6.33 Å². The first-order valence-corrected chi connectivity index (χ1v) is 6.99. The minimum absolute atomic E-state index is 0.102. The molecule has 3 heterocycles. The van der Waals surface area contributed by atoms with Gasteiger partial charge in [-0.25, -0.2) is 4.98 Å². The van der Waals surface area contributed by atoms with Crippen LogP contribution in [0.1, 0.15) is 35.2 Å². The topological polar surface area (TPSA) is 64.7 Å². The Hall–Kier alpha value is -1.95. The number of aryl methyl sites for hydroxylation is 1. The first-order valence-electron chi connectivity index (χ1n) is 6.99. The molecule has 0 saturated carbocycles. The summed E-state index contributed by atoms with van der Waals surface area (Å²) in [6.45, 7) is 2.03. The highest BCUT2D eigenvalue weighted by atomic mass is 16.1. The Morgan fingerprint density at radius 1 is 1.45 bits per heavy atom. The van der Waals surface area contributed by atoms with Crippen molar-refractivity contribution in [3.8, 4) is 0 Å². The Balaban J connectivity index is 1.78. The molecule has 0 aromatic carbocycles. The number of carbonyl (C=O) groups is 1. The van der Waals surface area contributed by atoms with Gasteiger partial charge in [0.2, 0.25) is 0 Å². The lowest BCUT2D eigenvalue weighted by Crippen LogP contribution is -2.30. The molecular formula is C14H19N5O. The second kappa shape index (κ2) is 5.58. The SMILES string of the molecule is Cn1ncnc1CC(=O)c1cccn1C1CCNCC1. The van der Waals surface area contributed by atoms with Gasteiger partial charge in [0.15, 0.2) is 5.78 Å². The molecule has 6 nitrogen and oxygen atoms in total. The van der Waals surface area contributed by atoms with E-state index >= 15 is 0 Å². The van der Waals surface area contributed by atoms with Crippen LogP contribution in [0.25, 0.3) is 0 Å². The second-order valence-electron chi connectivity index (χ2n) is 5.18. The van der Waals surface area contributed by atoms with Gasteiger partial charge in [-0.2, -0.15) is 5.10 Å². The van der Waals surface area contributed by atoms with Crippen LogP contribution < -0.4 is 5.32 Å². The number of nitrogens with zero attached hydrogens (tertiary/aromatic N) is 4. The van der Waals surface area contributed by atoms with Crippen molar-refractivity contribution >= 4 is 5.78 Å². The van der Waals surface area contributed by atoms with Gasteiger partial charge in [0.25, 0.3) is 0 Å². The summed E-state index contributed by atoms with van der Waals surface area (Å²) < 4.78 is 3.77. The first-order chi connectivity index (χ1) is 9.75. The van der Waals surface area contributed by atoms with E-state index < -0.39 is 0 Å². The van der Waals surface area contributed by atoms with Gasteiger partial charge in [0.1, 0.15) is 12.2 Å². The molecule has 2 aromatic rings. The standard InChI is InChI=1S/C14H19N5O/c1-18-14(16-10-17-18)9-13(20)12-3-2-8-19(12)11-4-6-15-7-5-11/h2-3,8,10-11,15H,4-7,9H2,1H3. The molecule has 2 aromatic heterocycles. The zero-order chi connectivity index (χ0) is 13.9. The van der Waals surface area contributed by atoms with Crippen LogP contribution in [0.2, 0.25) is 0 Å². The minimum Gasteiger partial charge on any atom is -0.342 e. The summed E-state index contributed by atoms with van der Waals surface area (Å²) in [6, 6.07) is 4.27. The summed E-state index contributed by atoms with van der Waals surface area (Å²) in [7, 11) is 1.81. The third-order valence-corrected chi connectivity index (χ3v) is 3.89. The smallest absolute Gasteiger partial charge is 0.186 e. The maximum absolute atomic E-state index is 12.5. The molecule has 1 fully saturated rings. The Labute approximate surface area is 117 Å². The van der Waals surface area contributed by atoms with Crippen LogP contribution in [-0.4, -0.2) is 38.2 Å². The van der Waals surface area contributed by atoms with E-state index in [0.29, 0.717) is 18.3 Å². The van der Waals surface area contributed by atoms with Gasteiger partial charge in [-0.1, -0.05) is 0 Å². The fourth-order valence-corrected chi connectivity index (χ4v) is 2.75. The third-order valence-electron chi connectivity index (χ3n) is 3.89. The minimum atomic E-state index is 0.102. The van der Waals surface area contributed by atoms with Crippen molar-refractivity contribution in [2.75, 3.05) is 13.1 Å². The first kappa shape index (κ1) is 13.1. The average Bonchev–Trinajstić information content (AvgIpc) is 3.09. The predicted molar refractivity (Wildman–Crippen MR) is 74.6 cm³/mol. The summed E-state index contributed by atoms with van der Waals surface area (Å²) in [5.74, 6) is 0.803. The van der Waals surface area contributed by atoms with Crippen LogP contribution in [0.3, 0.4) is 0 Å². The maximum Gasteiger partial charge on any atom is 0.186 e. The summed E-state index contributed by atoms with van der Waals surface area (Å²) in [5, 5.41) is 7.35. The lowest BCUT2D eigenvalue weighted by molar-refractivity contribution is 0.0977. The average molecular weight is 273 g/mol. The normalized spacial score (nSPS) is 16.4. The van der Waals surface area contributed by atoms with Crippen LogP contribution in [0.15, 0.2) is 24.7 Å². The van der Waals surface area contributed by atoms with Crippen molar-refractivity contribution in [2.45, 2.75) is 25.3 Å². The number of carbonyl (C=O) groups excluding carboxylic acids is 1. The predicted octanol–water partition coefficient (Wildman–Crippen LogP) is 0.966. The van der Waals surface area contributed by atoms with E-state index in [2.05, 4.69) is 20.0 Å². The Kier molecular flexibility index (Phi) is 3.64. The highest BCUT2D eigenvalue weighted by molar-refractivity contribution is 5.95. The van der Waals surface area contributed by atoms with Crippen molar-refractivity contribution in [3.05, 3.63) is 36.2 Å². The van der Waals surface area contributed by atoms with Crippen molar-refractivity contribution in [1.82, 2.24) is 24.6 Å². The van der Waals surface area contributed by atoms with Crippen LogP contribution in [-0.2, 0) is 13.5 Å². The number of piperidine rings is 1. The van der Waals surface area contributed by atoms with Crippen LogP contribution >= 0.6 is 0 Å². The lowest BCUT2D eigenvalue weighted by atomic mass is 10.1. The fraction of sp³-hybridized carbons (Fsp3) is 0.500. The molecule has 0 unspecified atom stereocenters. The summed E-state index contributed by atoms with van der Waals surface area (Å²) in [5.41, 5.74) is 0.778. The van der Waals surface area contributed by atoms with Crippen LogP contribution in [0.4, 0.5) is 0 Å². The van der Waals surface area contributed by atoms with Gasteiger partial charge < -0.3 is 9.88 Å². The van der Waals surface area contributed by atoms with E-state index in [-0.39, 0.29) is 5.78 Å². The molecule has 0 atom stereocenters. The molecule has 0 amide bonds. The highest BCUT2D eigenvalue weighted by Crippen LogP contribution is 2.22. The fourth-order valence-electron chi connectivity index (χ4n) is 2.75. The van der Waals surface area contributed by atoms with Gasteiger partial charge in [0, 0.05) is 19.3 Å². The molecule has 1 N–H and O–H groups in total. The maximum atomic E-state index is 12.5. The summed E-state index contributed by atoms with van der Waals surface area (Å²) in [4.78, 5) is 16.6. The van der Waals surface area contributed by atoms with Crippen molar-refractivity contribution in [1.29, 1.82) is 0 Å². The number of Topliss-reactive ketones (excluding diaryl/α,β-unsaturated/α-hetero) is 1. The number of hydrogen-bond donors (Lipinski definition) is 1. The molecule has 0 aliphatic carbocycles. The van der Waals surface area contributed by atoms with Crippen LogP contribution in [0, 0.1) is 0 Å². The molecule has 1 aliphatic heterocycles. The molecule has 20 heavy (non-hydrogen) atoms. The van der Waals surface area contributed by atoms with Gasteiger partial charge in [-0.05, 0) is 38.1 Å². The van der Waals surface area contributed by atoms with Crippen molar-refractivity contribution in [2.24, 2.45) is 7.05 Å². The Morgan fingerprint density at radius 2 is 2.25 bits per heavy atom. The van der Waals surface area contributed by atoms with E-state index in [0.717, 1.165) is 31.6 Å². The van der Waals surface area contributed by atoms with Gasteiger partial charge in [-0.15, -0.1) is 0 Å². The molecule has 106 valence electrons. The van der Waals surface area contributed by atoms with E-state index in [1.54, 1.807) is 4.68 Å². The van der Waals surface area contributed by atoms with E-state index in [1.807, 2.05) is 25.4 Å². The largest absolute Gasteiger partial charge is 0.342 e. The molecule has 1 aliphatic rings. The lowest BCUT2D eigenvalue weighted by Gasteiger charge is -2.25. The zero-order valence-electron chi connectivity index (χ0n) is 11.6. The molecule has 1 saturated heterocycles. The quantitative estimate of drug-likeness (QED) is 0.843. The molecular weight excluding hydrogens is 254 g/mol.